The van der Waals surface area contributed by atoms with E-state index in [9.17, 15) is 0 Å². The van der Waals surface area contributed by atoms with Gasteiger partial charge in [0, 0.05) is 34.0 Å². The number of hydrogen-bond donors (Lipinski definition) is 0. The Morgan fingerprint density at radius 3 is 1.20 bits per heavy atom. The Morgan fingerprint density at radius 2 is 0.709 bits per heavy atom. The molecule has 2 nitrogen and oxygen atoms in total. The molecule has 2 heteroatoms. The summed E-state index contributed by atoms with van der Waals surface area (Å²) < 4.78 is 0. The SMILES string of the molecule is c1ccc(N(c2ccccc2)c2cc(N(c3ccccc3)c3ccccc3)c3c(c2)C(c2ccccc2)(c2ccccc2)c2ccc4ccccc4c2-3)cc1. The molecule has 0 fully saturated rings. The van der Waals surface area contributed by atoms with Crippen LogP contribution in [-0.4, -0.2) is 0 Å². The first-order chi connectivity index (χ1) is 27.3. The van der Waals surface area contributed by atoms with Crippen LogP contribution in [0.4, 0.5) is 34.1 Å². The molecule has 55 heavy (non-hydrogen) atoms. The average molecular weight is 703 g/mol. The number of para-hydroxylation sites is 4. The van der Waals surface area contributed by atoms with Crippen molar-refractivity contribution in [2.75, 3.05) is 9.80 Å². The highest BCUT2D eigenvalue weighted by molar-refractivity contribution is 6.09. The maximum absolute atomic E-state index is 2.47. The third-order valence-electron chi connectivity index (χ3n) is 11.1. The first-order valence-electron chi connectivity index (χ1n) is 18.9. The van der Waals surface area contributed by atoms with Gasteiger partial charge in [0.1, 0.15) is 0 Å². The molecule has 0 aliphatic heterocycles. The predicted octanol–water partition coefficient (Wildman–Crippen LogP) is 14.1. The van der Waals surface area contributed by atoms with Gasteiger partial charge in [0.05, 0.1) is 11.1 Å². The van der Waals surface area contributed by atoms with Gasteiger partial charge >= 0.3 is 0 Å². The van der Waals surface area contributed by atoms with E-state index in [1.807, 2.05) is 0 Å². The predicted molar refractivity (Wildman–Crippen MR) is 231 cm³/mol. The molecule has 0 atom stereocenters. The molecular formula is C53H38N2. The van der Waals surface area contributed by atoms with Gasteiger partial charge in [0.15, 0.2) is 0 Å². The van der Waals surface area contributed by atoms with E-state index in [2.05, 4.69) is 240 Å². The Bertz CT molecular complexity index is 2610. The number of benzene rings is 9. The summed E-state index contributed by atoms with van der Waals surface area (Å²) in [6.45, 7) is 0. The number of anilines is 6. The van der Waals surface area contributed by atoms with Crippen LogP contribution >= 0.6 is 0 Å². The Hall–Kier alpha value is -7.16. The highest BCUT2D eigenvalue weighted by Gasteiger charge is 2.48. The summed E-state index contributed by atoms with van der Waals surface area (Å²) in [4.78, 5) is 4.86. The molecule has 1 aliphatic carbocycles. The fraction of sp³-hybridized carbons (Fsp3) is 0.0189. The zero-order chi connectivity index (χ0) is 36.6. The van der Waals surface area contributed by atoms with Gasteiger partial charge in [0.2, 0.25) is 0 Å². The van der Waals surface area contributed by atoms with Crippen LogP contribution in [0.3, 0.4) is 0 Å². The molecule has 0 unspecified atom stereocenters. The number of hydrogen-bond acceptors (Lipinski definition) is 2. The molecule has 9 aromatic rings. The highest BCUT2D eigenvalue weighted by Crippen LogP contribution is 2.62. The molecule has 1 aliphatic rings. The Kier molecular flexibility index (Phi) is 8.08. The van der Waals surface area contributed by atoms with Crippen molar-refractivity contribution in [3.8, 4) is 11.1 Å². The summed E-state index contributed by atoms with van der Waals surface area (Å²) in [6.07, 6.45) is 0. The summed E-state index contributed by atoms with van der Waals surface area (Å²) in [5.41, 5.74) is 13.4. The van der Waals surface area contributed by atoms with Crippen LogP contribution < -0.4 is 9.80 Å². The van der Waals surface area contributed by atoms with Crippen LogP contribution in [0.5, 0.6) is 0 Å². The van der Waals surface area contributed by atoms with Gasteiger partial charge < -0.3 is 9.80 Å². The van der Waals surface area contributed by atoms with Gasteiger partial charge in [0.25, 0.3) is 0 Å². The third kappa shape index (κ3) is 5.34. The van der Waals surface area contributed by atoms with Crippen molar-refractivity contribution in [3.05, 3.63) is 253 Å². The summed E-state index contributed by atoms with van der Waals surface area (Å²) in [7, 11) is 0. The highest BCUT2D eigenvalue weighted by atomic mass is 15.2. The fourth-order valence-corrected chi connectivity index (χ4v) is 8.82. The second-order valence-corrected chi connectivity index (χ2v) is 14.1. The molecule has 0 aromatic heterocycles. The van der Waals surface area contributed by atoms with E-state index in [-0.39, 0.29) is 0 Å². The summed E-state index contributed by atoms with van der Waals surface area (Å²) >= 11 is 0. The van der Waals surface area contributed by atoms with E-state index in [4.69, 9.17) is 0 Å². The van der Waals surface area contributed by atoms with Crippen LogP contribution in [0.1, 0.15) is 22.3 Å². The topological polar surface area (TPSA) is 6.48 Å². The molecule has 0 bridgehead atoms. The minimum absolute atomic E-state index is 0.625. The summed E-state index contributed by atoms with van der Waals surface area (Å²) in [5, 5.41) is 2.47. The normalized spacial score (nSPS) is 12.5. The van der Waals surface area contributed by atoms with E-state index in [1.54, 1.807) is 0 Å². The van der Waals surface area contributed by atoms with Gasteiger partial charge in [-0.3, -0.25) is 0 Å². The van der Waals surface area contributed by atoms with E-state index >= 15 is 0 Å². The van der Waals surface area contributed by atoms with Crippen molar-refractivity contribution in [2.24, 2.45) is 0 Å². The Labute approximate surface area is 322 Å². The smallest absolute Gasteiger partial charge is 0.0715 e. The average Bonchev–Trinajstić information content (AvgIpc) is 3.57. The first kappa shape index (κ1) is 32.5. The third-order valence-corrected chi connectivity index (χ3v) is 11.1. The Morgan fingerprint density at radius 1 is 0.291 bits per heavy atom. The van der Waals surface area contributed by atoms with E-state index in [0.717, 1.165) is 34.1 Å². The number of rotatable bonds is 8. The number of fused-ring (bicyclic) bond motifs is 5. The maximum atomic E-state index is 2.47. The van der Waals surface area contributed by atoms with Crippen LogP contribution in [0.2, 0.25) is 0 Å². The molecular weight excluding hydrogens is 665 g/mol. The molecule has 0 heterocycles. The second-order valence-electron chi connectivity index (χ2n) is 14.1. The van der Waals surface area contributed by atoms with E-state index in [1.165, 1.54) is 44.2 Å². The lowest BCUT2D eigenvalue weighted by Crippen LogP contribution is -2.29. The number of nitrogens with zero attached hydrogens (tertiary/aromatic N) is 2. The van der Waals surface area contributed by atoms with Crippen LogP contribution in [0, 0.1) is 0 Å². The lowest BCUT2D eigenvalue weighted by molar-refractivity contribution is 0.769. The molecule has 0 radical (unpaired) electrons. The van der Waals surface area contributed by atoms with Gasteiger partial charge in [-0.15, -0.1) is 0 Å². The molecule has 0 saturated heterocycles. The van der Waals surface area contributed by atoms with E-state index in [0.29, 0.717) is 0 Å². The van der Waals surface area contributed by atoms with Crippen molar-refractivity contribution >= 4 is 44.9 Å². The summed E-state index contributed by atoms with van der Waals surface area (Å²) in [6, 6.07) is 83.8. The van der Waals surface area contributed by atoms with Crippen molar-refractivity contribution in [3.63, 3.8) is 0 Å². The molecule has 260 valence electrons. The lowest BCUT2D eigenvalue weighted by Gasteiger charge is -2.36. The fourth-order valence-electron chi connectivity index (χ4n) is 8.82. The molecule has 0 saturated carbocycles. The quantitative estimate of drug-likeness (QED) is 0.156. The summed E-state index contributed by atoms with van der Waals surface area (Å²) in [5.74, 6) is 0. The van der Waals surface area contributed by atoms with Gasteiger partial charge in [-0.2, -0.15) is 0 Å². The van der Waals surface area contributed by atoms with Gasteiger partial charge in [-0.25, -0.2) is 0 Å². The standard InChI is InChI=1S/C53H38N2/c1-7-22-40(23-8-1)53(41-24-9-2-10-25-41)48-36-35-39-21-19-20-34-47(39)51(48)52-49(53)37-46(54(42-26-11-3-12-27-42)43-28-13-4-14-29-43)38-50(52)55(44-30-15-5-16-31-44)45-32-17-6-18-33-45/h1-38H. The lowest BCUT2D eigenvalue weighted by atomic mass is 9.67. The van der Waals surface area contributed by atoms with Crippen LogP contribution in [0.25, 0.3) is 21.9 Å². The maximum Gasteiger partial charge on any atom is 0.0715 e. The largest absolute Gasteiger partial charge is 0.310 e. The Balaban J connectivity index is 1.43. The zero-order valence-electron chi connectivity index (χ0n) is 30.3. The molecule has 0 amide bonds. The van der Waals surface area contributed by atoms with Crippen molar-refractivity contribution < 1.29 is 0 Å². The molecule has 10 rings (SSSR count). The molecule has 0 spiro atoms. The van der Waals surface area contributed by atoms with Crippen molar-refractivity contribution in [2.45, 2.75) is 5.41 Å². The minimum Gasteiger partial charge on any atom is -0.310 e. The first-order valence-corrected chi connectivity index (χ1v) is 18.9. The van der Waals surface area contributed by atoms with E-state index < -0.39 is 5.41 Å². The molecule has 0 N–H and O–H groups in total. The van der Waals surface area contributed by atoms with Gasteiger partial charge in [-0.1, -0.05) is 170 Å². The monoisotopic (exact) mass is 702 g/mol. The molecule has 9 aromatic carbocycles. The second kappa shape index (κ2) is 13.7. The van der Waals surface area contributed by atoms with Crippen molar-refractivity contribution in [1.82, 2.24) is 0 Å². The van der Waals surface area contributed by atoms with Crippen LogP contribution in [0.15, 0.2) is 231 Å². The van der Waals surface area contributed by atoms with Crippen molar-refractivity contribution in [1.29, 1.82) is 0 Å². The van der Waals surface area contributed by atoms with Crippen LogP contribution in [-0.2, 0) is 5.41 Å². The minimum atomic E-state index is -0.625. The zero-order valence-corrected chi connectivity index (χ0v) is 30.3. The van der Waals surface area contributed by atoms with Gasteiger partial charge in [-0.05, 0) is 99.3 Å².